The van der Waals surface area contributed by atoms with E-state index in [0.29, 0.717) is 50.4 Å². The second-order valence-corrected chi connectivity index (χ2v) is 10.5. The smallest absolute Gasteiger partial charge is 0.258 e. The molecule has 10 heteroatoms. The maximum atomic E-state index is 13.9. The summed E-state index contributed by atoms with van der Waals surface area (Å²) in [7, 11) is 1.86. The molecule has 5 rings (SSSR count). The average Bonchev–Trinajstić information content (AvgIpc) is 3.33. The van der Waals surface area contributed by atoms with Crippen LogP contribution in [0.3, 0.4) is 0 Å². The van der Waals surface area contributed by atoms with Crippen LogP contribution in [0.1, 0.15) is 43.5 Å². The maximum absolute atomic E-state index is 13.9. The number of carbonyl (C=O) groups excluding carboxylic acids is 2. The van der Waals surface area contributed by atoms with E-state index in [1.807, 2.05) is 25.4 Å². The molecular formula is C27H37N5O5. The number of fused-ring (bicyclic) bond motifs is 4. The summed E-state index contributed by atoms with van der Waals surface area (Å²) in [5, 5.41) is 17.7. The van der Waals surface area contributed by atoms with Gasteiger partial charge in [0.2, 0.25) is 5.91 Å². The summed E-state index contributed by atoms with van der Waals surface area (Å²) in [5.41, 5.74) is 2.27. The molecule has 4 heterocycles. The molecular weight excluding hydrogens is 474 g/mol. The molecule has 1 aromatic carbocycles. The van der Waals surface area contributed by atoms with Crippen LogP contribution in [0.15, 0.2) is 30.6 Å². The lowest BCUT2D eigenvalue weighted by Gasteiger charge is -2.42. The van der Waals surface area contributed by atoms with Crippen LogP contribution in [0.25, 0.3) is 11.1 Å². The van der Waals surface area contributed by atoms with E-state index in [-0.39, 0.29) is 30.5 Å². The Morgan fingerprint density at radius 2 is 1.97 bits per heavy atom. The third kappa shape index (κ3) is 5.51. The van der Waals surface area contributed by atoms with Crippen molar-refractivity contribution >= 4 is 11.8 Å². The third-order valence-electron chi connectivity index (χ3n) is 7.71. The number of nitrogens with zero attached hydrogens (tertiary/aromatic N) is 4. The van der Waals surface area contributed by atoms with Crippen LogP contribution in [-0.4, -0.2) is 99.7 Å². The second-order valence-electron chi connectivity index (χ2n) is 10.5. The van der Waals surface area contributed by atoms with Crippen LogP contribution in [0, 0.1) is 0 Å². The molecule has 4 atom stereocenters. The minimum absolute atomic E-state index is 0.0866. The summed E-state index contributed by atoms with van der Waals surface area (Å²) in [6.45, 7) is 6.33. The van der Waals surface area contributed by atoms with Gasteiger partial charge in [-0.1, -0.05) is 6.07 Å². The zero-order valence-electron chi connectivity index (χ0n) is 21.8. The second kappa shape index (κ2) is 10.8. The Morgan fingerprint density at radius 1 is 1.14 bits per heavy atom. The lowest BCUT2D eigenvalue weighted by molar-refractivity contribution is -0.135. The van der Waals surface area contributed by atoms with Gasteiger partial charge in [0.1, 0.15) is 17.9 Å². The molecule has 1 aromatic heterocycles. The Bertz CT molecular complexity index is 1130. The molecule has 0 aliphatic carbocycles. The van der Waals surface area contributed by atoms with E-state index in [1.165, 1.54) is 0 Å². The molecule has 200 valence electrons. The van der Waals surface area contributed by atoms with Gasteiger partial charge in [-0.25, -0.2) is 0 Å². The monoisotopic (exact) mass is 511 g/mol. The number of piperazine rings is 1. The Hall–Kier alpha value is -2.95. The molecule has 2 aromatic rings. The largest absolute Gasteiger partial charge is 0.493 e. The topological polar surface area (TPSA) is 109 Å². The van der Waals surface area contributed by atoms with Crippen molar-refractivity contribution in [1.82, 2.24) is 24.9 Å². The molecule has 0 spiro atoms. The summed E-state index contributed by atoms with van der Waals surface area (Å²) >= 11 is 0. The zero-order valence-corrected chi connectivity index (χ0v) is 21.8. The lowest BCUT2D eigenvalue weighted by Crippen LogP contribution is -2.62. The van der Waals surface area contributed by atoms with Gasteiger partial charge in [0.05, 0.1) is 30.6 Å². The molecule has 0 saturated carbocycles. The van der Waals surface area contributed by atoms with Crippen LogP contribution in [0.5, 0.6) is 5.75 Å². The fourth-order valence-corrected chi connectivity index (χ4v) is 5.43. The molecule has 0 radical (unpaired) electrons. The van der Waals surface area contributed by atoms with E-state index in [2.05, 4.69) is 29.2 Å². The van der Waals surface area contributed by atoms with E-state index >= 15 is 0 Å². The molecule has 37 heavy (non-hydrogen) atoms. The molecule has 2 bridgehead atoms. The van der Waals surface area contributed by atoms with Gasteiger partial charge in [0.15, 0.2) is 0 Å². The molecule has 0 unspecified atom stereocenters. The number of aliphatic hydroxyl groups is 1. The number of aromatic nitrogens is 2. The van der Waals surface area contributed by atoms with Crippen LogP contribution < -0.4 is 10.1 Å². The van der Waals surface area contributed by atoms with Gasteiger partial charge >= 0.3 is 0 Å². The first-order valence-electron chi connectivity index (χ1n) is 13.2. The fourth-order valence-electron chi connectivity index (χ4n) is 5.43. The first-order chi connectivity index (χ1) is 17.8. The Morgan fingerprint density at radius 3 is 2.73 bits per heavy atom. The quantitative estimate of drug-likeness (QED) is 0.628. The summed E-state index contributed by atoms with van der Waals surface area (Å²) in [6.07, 6.45) is 4.44. The van der Waals surface area contributed by atoms with Crippen molar-refractivity contribution < 1.29 is 24.2 Å². The minimum Gasteiger partial charge on any atom is -0.493 e. The van der Waals surface area contributed by atoms with E-state index < -0.39 is 18.2 Å². The molecule has 2 N–H and O–H groups in total. The summed E-state index contributed by atoms with van der Waals surface area (Å²) in [6, 6.07) is 5.16. The van der Waals surface area contributed by atoms with Gasteiger partial charge in [-0.05, 0) is 44.4 Å². The van der Waals surface area contributed by atoms with Crippen molar-refractivity contribution in [1.29, 1.82) is 0 Å². The Kier molecular flexibility index (Phi) is 7.50. The number of rotatable bonds is 2. The SMILES string of the molecule is CC(C)N1CCN2C(=O)c3ccc(-c4cnn(C)c4)cc3OCC[C@@H]3CC[C@H](O)[C@@H](CNC(=O)[C@@H]2C1)O3. The predicted molar refractivity (Wildman–Crippen MR) is 137 cm³/mol. The van der Waals surface area contributed by atoms with Gasteiger partial charge in [0, 0.05) is 57.4 Å². The average molecular weight is 512 g/mol. The summed E-state index contributed by atoms with van der Waals surface area (Å²) in [5.74, 6) is 0.0363. The Balaban J connectivity index is 1.50. The number of aryl methyl sites for hydroxylation is 1. The third-order valence-corrected chi connectivity index (χ3v) is 7.71. The van der Waals surface area contributed by atoms with E-state index in [4.69, 9.17) is 9.47 Å². The van der Waals surface area contributed by atoms with Crippen LogP contribution in [0.2, 0.25) is 0 Å². The molecule has 10 nitrogen and oxygen atoms in total. The molecule has 3 aliphatic rings. The predicted octanol–water partition coefficient (Wildman–Crippen LogP) is 1.43. The fraction of sp³-hybridized carbons (Fsp3) is 0.593. The van der Waals surface area contributed by atoms with Gasteiger partial charge < -0.3 is 24.8 Å². The normalized spacial score (nSPS) is 27.6. The van der Waals surface area contributed by atoms with Crippen molar-refractivity contribution in [2.24, 2.45) is 7.05 Å². The number of nitrogens with one attached hydrogen (secondary N) is 1. The number of aliphatic hydroxyl groups excluding tert-OH is 1. The van der Waals surface area contributed by atoms with Gasteiger partial charge in [0.25, 0.3) is 5.91 Å². The minimum atomic E-state index is -0.658. The first-order valence-corrected chi connectivity index (χ1v) is 13.2. The summed E-state index contributed by atoms with van der Waals surface area (Å²) < 4.78 is 14.1. The van der Waals surface area contributed by atoms with Crippen molar-refractivity contribution in [2.45, 2.75) is 63.5 Å². The van der Waals surface area contributed by atoms with Gasteiger partial charge in [-0.2, -0.15) is 5.10 Å². The van der Waals surface area contributed by atoms with Gasteiger partial charge in [-0.15, -0.1) is 0 Å². The van der Waals surface area contributed by atoms with Crippen molar-refractivity contribution in [3.05, 3.63) is 36.2 Å². The number of carbonyl (C=O) groups is 2. The van der Waals surface area contributed by atoms with E-state index in [0.717, 1.165) is 17.5 Å². The van der Waals surface area contributed by atoms with Crippen molar-refractivity contribution in [2.75, 3.05) is 32.8 Å². The zero-order chi connectivity index (χ0) is 26.1. The Labute approximate surface area is 217 Å². The highest BCUT2D eigenvalue weighted by Crippen LogP contribution is 2.30. The summed E-state index contributed by atoms with van der Waals surface area (Å²) in [4.78, 5) is 31.2. The molecule has 3 aliphatic heterocycles. The highest BCUT2D eigenvalue weighted by molar-refractivity contribution is 6.00. The highest BCUT2D eigenvalue weighted by atomic mass is 16.5. The number of hydrogen-bond donors (Lipinski definition) is 2. The number of hydrogen-bond acceptors (Lipinski definition) is 7. The highest BCUT2D eigenvalue weighted by Gasteiger charge is 2.38. The first kappa shape index (κ1) is 25.7. The standard InChI is InChI=1S/C27H37N5O5/c1-17(2)31-9-10-32-22(16-31)26(34)28-14-25-23(33)7-5-20(37-25)8-11-36-24-12-18(4-6-21(24)27(32)35)19-13-29-30(3)15-19/h4,6,12-13,15,17,20,22-23,25,33H,5,7-11,14,16H2,1-3H3,(H,28,34)/t20-,22-,23-,25+/m0/s1. The van der Waals surface area contributed by atoms with Crippen molar-refractivity contribution in [3.63, 3.8) is 0 Å². The van der Waals surface area contributed by atoms with Crippen LogP contribution in [-0.2, 0) is 16.6 Å². The number of benzene rings is 1. The van der Waals surface area contributed by atoms with Crippen molar-refractivity contribution in [3.8, 4) is 16.9 Å². The van der Waals surface area contributed by atoms with E-state index in [1.54, 1.807) is 21.8 Å². The molecule has 2 fully saturated rings. The van der Waals surface area contributed by atoms with Crippen LogP contribution in [0.4, 0.5) is 0 Å². The molecule has 2 amide bonds. The van der Waals surface area contributed by atoms with E-state index in [9.17, 15) is 14.7 Å². The number of ether oxygens (including phenoxy) is 2. The lowest BCUT2D eigenvalue weighted by atomic mass is 9.98. The van der Waals surface area contributed by atoms with Gasteiger partial charge in [-0.3, -0.25) is 19.2 Å². The number of amides is 2. The molecule has 2 saturated heterocycles. The van der Waals surface area contributed by atoms with Crippen LogP contribution >= 0.6 is 0 Å². The maximum Gasteiger partial charge on any atom is 0.258 e.